The van der Waals surface area contributed by atoms with Crippen molar-refractivity contribution in [3.8, 4) is 0 Å². The van der Waals surface area contributed by atoms with Crippen LogP contribution in [0.3, 0.4) is 0 Å². The van der Waals surface area contributed by atoms with Gasteiger partial charge >= 0.3 is 29.6 Å². The fraction of sp³-hybridized carbons (Fsp3) is 0.222. The standard InChI is InChI=1S/C9H8ClN3O2.Na.H/c1-12-8-3-2-6(13(14)15)4-7(8)11-9(12)5-10;;/h2-4H,5H2,1H3;;/q;+1;-1. The molecule has 1 aromatic heterocycles. The van der Waals surface area contributed by atoms with E-state index in [9.17, 15) is 10.1 Å². The predicted molar refractivity (Wildman–Crippen MR) is 58.0 cm³/mol. The van der Waals surface area contributed by atoms with Crippen LogP contribution in [0.15, 0.2) is 18.2 Å². The summed E-state index contributed by atoms with van der Waals surface area (Å²) in [5.41, 5.74) is 1.49. The number of aryl methyl sites for hydroxylation is 1. The third kappa shape index (κ3) is 2.22. The first-order valence-electron chi connectivity index (χ1n) is 4.29. The SMILES string of the molecule is Cn1c(CCl)nc2cc([N+](=O)[O-])ccc21.[H-].[Na+]. The molecule has 0 aliphatic rings. The van der Waals surface area contributed by atoms with Gasteiger partial charge in [0.15, 0.2) is 0 Å². The third-order valence-electron chi connectivity index (χ3n) is 2.29. The van der Waals surface area contributed by atoms with Gasteiger partial charge < -0.3 is 5.99 Å². The third-order valence-corrected chi connectivity index (χ3v) is 2.53. The maximum Gasteiger partial charge on any atom is 1.00 e. The van der Waals surface area contributed by atoms with Crippen LogP contribution >= 0.6 is 11.6 Å². The Labute approximate surface area is 120 Å². The molecule has 2 aromatic rings. The second-order valence-corrected chi connectivity index (χ2v) is 3.42. The zero-order chi connectivity index (χ0) is 11.0. The minimum Gasteiger partial charge on any atom is -1.00 e. The first kappa shape index (κ1) is 13.4. The first-order chi connectivity index (χ1) is 7.13. The van der Waals surface area contributed by atoms with Crippen molar-refractivity contribution in [2.24, 2.45) is 7.05 Å². The van der Waals surface area contributed by atoms with E-state index < -0.39 is 4.92 Å². The molecule has 2 rings (SSSR count). The molecule has 0 amide bonds. The number of aromatic nitrogens is 2. The summed E-state index contributed by atoms with van der Waals surface area (Å²) in [4.78, 5) is 14.3. The van der Waals surface area contributed by atoms with Gasteiger partial charge in [-0.2, -0.15) is 0 Å². The van der Waals surface area contributed by atoms with E-state index in [4.69, 9.17) is 11.6 Å². The van der Waals surface area contributed by atoms with Crippen molar-refractivity contribution in [2.45, 2.75) is 5.88 Å². The fourth-order valence-corrected chi connectivity index (χ4v) is 1.71. The van der Waals surface area contributed by atoms with Crippen LogP contribution in [0.2, 0.25) is 0 Å². The van der Waals surface area contributed by atoms with E-state index in [0.29, 0.717) is 17.2 Å². The number of rotatable bonds is 2. The zero-order valence-electron chi connectivity index (χ0n) is 9.98. The summed E-state index contributed by atoms with van der Waals surface area (Å²) < 4.78 is 1.83. The molecule has 0 unspecified atom stereocenters. The van der Waals surface area contributed by atoms with E-state index in [2.05, 4.69) is 4.98 Å². The Morgan fingerprint density at radius 3 is 2.88 bits per heavy atom. The maximum absolute atomic E-state index is 10.6. The number of nitro groups is 1. The Morgan fingerprint density at radius 1 is 1.62 bits per heavy atom. The van der Waals surface area contributed by atoms with Gasteiger partial charge in [0.05, 0.1) is 21.8 Å². The smallest absolute Gasteiger partial charge is 1.00 e. The quantitative estimate of drug-likeness (QED) is 0.307. The van der Waals surface area contributed by atoms with Crippen molar-refractivity contribution < 1.29 is 35.9 Å². The van der Waals surface area contributed by atoms with Crippen molar-refractivity contribution >= 4 is 28.3 Å². The summed E-state index contributed by atoms with van der Waals surface area (Å²) in [6.45, 7) is 0. The molecule has 0 aliphatic heterocycles. The minimum atomic E-state index is -0.436. The average Bonchev–Trinajstić information content (AvgIpc) is 2.55. The number of hydrogen-bond donors (Lipinski definition) is 0. The van der Waals surface area contributed by atoms with E-state index in [1.807, 2.05) is 11.6 Å². The number of halogens is 1. The molecule has 16 heavy (non-hydrogen) atoms. The molecule has 80 valence electrons. The van der Waals surface area contributed by atoms with Crippen LogP contribution in [-0.2, 0) is 12.9 Å². The minimum absolute atomic E-state index is 0. The maximum atomic E-state index is 10.6. The van der Waals surface area contributed by atoms with E-state index in [0.717, 1.165) is 5.52 Å². The van der Waals surface area contributed by atoms with Crippen molar-refractivity contribution in [3.05, 3.63) is 34.1 Å². The average molecular weight is 250 g/mol. The van der Waals surface area contributed by atoms with Gasteiger partial charge in [0, 0.05) is 19.2 Å². The molecule has 1 aromatic carbocycles. The molecular weight excluding hydrogens is 241 g/mol. The van der Waals surface area contributed by atoms with Gasteiger partial charge in [-0.1, -0.05) is 0 Å². The van der Waals surface area contributed by atoms with Crippen molar-refractivity contribution in [1.29, 1.82) is 0 Å². The monoisotopic (exact) mass is 249 g/mol. The molecule has 1 heterocycles. The summed E-state index contributed by atoms with van der Waals surface area (Å²) in [5.74, 6) is 0.992. The van der Waals surface area contributed by atoms with Gasteiger partial charge in [-0.15, -0.1) is 11.6 Å². The number of nitrogens with zero attached hydrogens (tertiary/aromatic N) is 3. The Kier molecular flexibility index (Phi) is 4.32. The summed E-state index contributed by atoms with van der Waals surface area (Å²) in [6.07, 6.45) is 0. The molecule has 0 radical (unpaired) electrons. The summed E-state index contributed by atoms with van der Waals surface area (Å²) >= 11 is 5.69. The molecule has 0 N–H and O–H groups in total. The molecule has 0 bridgehead atoms. The van der Waals surface area contributed by atoms with Crippen LogP contribution in [0.4, 0.5) is 5.69 Å². The number of hydrogen-bond acceptors (Lipinski definition) is 3. The summed E-state index contributed by atoms with van der Waals surface area (Å²) in [5, 5.41) is 10.6. The second-order valence-electron chi connectivity index (χ2n) is 3.15. The van der Waals surface area contributed by atoms with Crippen LogP contribution in [0.1, 0.15) is 7.25 Å². The van der Waals surface area contributed by atoms with Gasteiger partial charge in [0.2, 0.25) is 0 Å². The van der Waals surface area contributed by atoms with Crippen molar-refractivity contribution in [1.82, 2.24) is 9.55 Å². The Bertz CT molecular complexity index is 546. The van der Waals surface area contributed by atoms with Gasteiger partial charge in [-0.3, -0.25) is 10.1 Å². The van der Waals surface area contributed by atoms with Gasteiger partial charge in [0.1, 0.15) is 5.82 Å². The molecule has 0 spiro atoms. The Balaban J connectivity index is 0.00000128. The predicted octanol–water partition coefficient (Wildman–Crippen LogP) is -0.663. The zero-order valence-corrected chi connectivity index (χ0v) is 11.7. The van der Waals surface area contributed by atoms with E-state index in [1.165, 1.54) is 12.1 Å². The molecule has 0 saturated heterocycles. The molecule has 5 nitrogen and oxygen atoms in total. The molecule has 0 atom stereocenters. The molecular formula is C9H9ClN3NaO2. The van der Waals surface area contributed by atoms with Crippen LogP contribution in [0, 0.1) is 10.1 Å². The first-order valence-corrected chi connectivity index (χ1v) is 4.82. The van der Waals surface area contributed by atoms with Crippen molar-refractivity contribution in [2.75, 3.05) is 0 Å². The Hall–Kier alpha value is -0.620. The molecule has 7 heteroatoms. The van der Waals surface area contributed by atoms with Crippen LogP contribution in [0.25, 0.3) is 11.0 Å². The topological polar surface area (TPSA) is 61.0 Å². The van der Waals surface area contributed by atoms with E-state index in [-0.39, 0.29) is 36.7 Å². The normalized spacial score (nSPS) is 10.1. The molecule has 0 fully saturated rings. The van der Waals surface area contributed by atoms with E-state index in [1.54, 1.807) is 6.07 Å². The Morgan fingerprint density at radius 2 is 2.31 bits per heavy atom. The van der Waals surface area contributed by atoms with Gasteiger partial charge in [-0.05, 0) is 6.07 Å². The van der Waals surface area contributed by atoms with Crippen LogP contribution in [0.5, 0.6) is 0 Å². The number of fused-ring (bicyclic) bond motifs is 1. The fourth-order valence-electron chi connectivity index (χ4n) is 1.47. The van der Waals surface area contributed by atoms with Gasteiger partial charge in [-0.25, -0.2) is 4.98 Å². The summed E-state index contributed by atoms with van der Waals surface area (Å²) in [6, 6.07) is 4.59. The summed E-state index contributed by atoms with van der Waals surface area (Å²) in [7, 11) is 1.83. The number of non-ortho nitro benzene ring substituents is 1. The number of benzene rings is 1. The van der Waals surface area contributed by atoms with E-state index >= 15 is 0 Å². The number of nitro benzene ring substituents is 1. The molecule has 0 aliphatic carbocycles. The molecule has 0 saturated carbocycles. The second kappa shape index (κ2) is 5.14. The number of imidazole rings is 1. The van der Waals surface area contributed by atoms with Crippen molar-refractivity contribution in [3.63, 3.8) is 0 Å². The number of alkyl halides is 1. The van der Waals surface area contributed by atoms with Gasteiger partial charge in [0.25, 0.3) is 5.69 Å². The largest absolute Gasteiger partial charge is 1.00 e. The van der Waals surface area contributed by atoms with Crippen LogP contribution in [-0.4, -0.2) is 14.5 Å². The van der Waals surface area contributed by atoms with Crippen LogP contribution < -0.4 is 29.6 Å².